The number of nitrogens with two attached hydrogens (primary N) is 1. The molecule has 0 bridgehead atoms. The van der Waals surface area contributed by atoms with Crippen LogP contribution in [0.1, 0.15) is 6.92 Å². The normalized spacial score (nSPS) is 25.8. The topological polar surface area (TPSA) is 42.1 Å². The number of anilines is 1. The maximum atomic E-state index is 5.96. The van der Waals surface area contributed by atoms with Crippen LogP contribution >= 0.6 is 11.6 Å². The lowest BCUT2D eigenvalue weighted by Gasteiger charge is -2.21. The first-order chi connectivity index (χ1) is 6.57. The van der Waals surface area contributed by atoms with Crippen molar-refractivity contribution in [3.05, 3.63) is 35.8 Å². The van der Waals surface area contributed by atoms with Crippen molar-refractivity contribution < 1.29 is 0 Å². The van der Waals surface area contributed by atoms with Crippen LogP contribution in [0.4, 0.5) is 5.69 Å². The minimum Gasteiger partial charge on any atom is -0.345 e. The van der Waals surface area contributed by atoms with Crippen LogP contribution in [0.2, 0.25) is 5.15 Å². The van der Waals surface area contributed by atoms with E-state index in [0.717, 1.165) is 12.2 Å². The summed E-state index contributed by atoms with van der Waals surface area (Å²) in [6.45, 7) is 2.77. The molecule has 0 radical (unpaired) electrons. The lowest BCUT2D eigenvalue weighted by atomic mass is 10.1. The molecule has 3 nitrogen and oxygen atoms in total. The molecule has 1 unspecified atom stereocenters. The van der Waals surface area contributed by atoms with Gasteiger partial charge in [-0.05, 0) is 25.1 Å². The molecule has 0 saturated heterocycles. The zero-order chi connectivity index (χ0) is 10.2. The summed E-state index contributed by atoms with van der Waals surface area (Å²) in [6.07, 6.45) is 5.71. The van der Waals surface area contributed by atoms with Crippen LogP contribution in [0.3, 0.4) is 0 Å². The number of rotatable bonds is 1. The van der Waals surface area contributed by atoms with Crippen LogP contribution in [-0.2, 0) is 0 Å². The summed E-state index contributed by atoms with van der Waals surface area (Å²) in [6, 6.07) is 3.71. The Hall–Kier alpha value is -1.06. The van der Waals surface area contributed by atoms with Crippen molar-refractivity contribution in [1.82, 2.24) is 4.98 Å². The van der Waals surface area contributed by atoms with Crippen LogP contribution in [0.5, 0.6) is 0 Å². The standard InChI is InChI=1S/C10H12ClN3/c1-10(12)4-5-14(7-10)8-2-3-9(11)13-6-8/h2-6H,7,12H2,1H3. The van der Waals surface area contributed by atoms with Gasteiger partial charge in [-0.15, -0.1) is 0 Å². The monoisotopic (exact) mass is 209 g/mol. The Morgan fingerprint density at radius 2 is 2.36 bits per heavy atom. The quantitative estimate of drug-likeness (QED) is 0.717. The molecule has 1 aromatic rings. The van der Waals surface area contributed by atoms with Crippen molar-refractivity contribution in [3.63, 3.8) is 0 Å². The molecule has 0 aliphatic carbocycles. The van der Waals surface area contributed by atoms with Crippen molar-refractivity contribution in [1.29, 1.82) is 0 Å². The SMILES string of the molecule is CC1(N)C=CN(c2ccc(Cl)nc2)C1. The fraction of sp³-hybridized carbons (Fsp3) is 0.300. The van der Waals surface area contributed by atoms with Crippen LogP contribution in [0.25, 0.3) is 0 Å². The smallest absolute Gasteiger partial charge is 0.129 e. The second kappa shape index (κ2) is 3.26. The molecule has 74 valence electrons. The number of halogens is 1. The van der Waals surface area contributed by atoms with E-state index in [1.54, 1.807) is 12.3 Å². The molecule has 0 fully saturated rings. The lowest BCUT2D eigenvalue weighted by molar-refractivity contribution is 0.618. The molecular weight excluding hydrogens is 198 g/mol. The van der Waals surface area contributed by atoms with Gasteiger partial charge < -0.3 is 10.6 Å². The van der Waals surface area contributed by atoms with E-state index in [4.69, 9.17) is 17.3 Å². The molecular formula is C10H12ClN3. The van der Waals surface area contributed by atoms with Gasteiger partial charge in [0, 0.05) is 12.7 Å². The Balaban J connectivity index is 2.19. The largest absolute Gasteiger partial charge is 0.345 e. The van der Waals surface area contributed by atoms with Gasteiger partial charge in [0.15, 0.2) is 0 Å². The van der Waals surface area contributed by atoms with E-state index >= 15 is 0 Å². The van der Waals surface area contributed by atoms with Crippen molar-refractivity contribution >= 4 is 17.3 Å². The first kappa shape index (κ1) is 9.49. The van der Waals surface area contributed by atoms with Crippen LogP contribution in [-0.4, -0.2) is 17.1 Å². The fourth-order valence-electron chi connectivity index (χ4n) is 1.45. The number of nitrogens with zero attached hydrogens (tertiary/aromatic N) is 2. The van der Waals surface area contributed by atoms with Crippen LogP contribution < -0.4 is 10.6 Å². The average Bonchev–Trinajstić information content (AvgIpc) is 2.47. The predicted octanol–water partition coefficient (Wildman–Crippen LogP) is 1.79. The van der Waals surface area contributed by atoms with Crippen molar-refractivity contribution in [3.8, 4) is 0 Å². The Morgan fingerprint density at radius 1 is 1.57 bits per heavy atom. The third-order valence-corrected chi connectivity index (χ3v) is 2.41. The van der Waals surface area contributed by atoms with E-state index in [0.29, 0.717) is 5.15 Å². The molecule has 0 saturated carbocycles. The Kier molecular flexibility index (Phi) is 2.21. The zero-order valence-electron chi connectivity index (χ0n) is 7.94. The fourth-order valence-corrected chi connectivity index (χ4v) is 1.56. The molecule has 0 spiro atoms. The molecule has 1 aromatic heterocycles. The van der Waals surface area contributed by atoms with Gasteiger partial charge in [-0.2, -0.15) is 0 Å². The third kappa shape index (κ3) is 1.89. The van der Waals surface area contributed by atoms with Gasteiger partial charge in [0.2, 0.25) is 0 Å². The second-order valence-electron chi connectivity index (χ2n) is 3.79. The Labute approximate surface area is 88.2 Å². The highest BCUT2D eigenvalue weighted by atomic mass is 35.5. The Morgan fingerprint density at radius 3 is 2.86 bits per heavy atom. The lowest BCUT2D eigenvalue weighted by Crippen LogP contribution is -2.39. The molecule has 4 heteroatoms. The van der Waals surface area contributed by atoms with Crippen molar-refractivity contribution in [2.75, 3.05) is 11.4 Å². The molecule has 2 rings (SSSR count). The highest BCUT2D eigenvalue weighted by Gasteiger charge is 2.24. The van der Waals surface area contributed by atoms with Gasteiger partial charge in [-0.25, -0.2) is 4.98 Å². The summed E-state index contributed by atoms with van der Waals surface area (Å²) in [7, 11) is 0. The Bertz CT molecular complexity index is 356. The molecule has 1 atom stereocenters. The second-order valence-corrected chi connectivity index (χ2v) is 4.18. The van der Waals surface area contributed by atoms with E-state index in [1.807, 2.05) is 25.3 Å². The van der Waals surface area contributed by atoms with Crippen molar-refractivity contribution in [2.45, 2.75) is 12.5 Å². The summed E-state index contributed by atoms with van der Waals surface area (Å²) in [5.74, 6) is 0. The van der Waals surface area contributed by atoms with Gasteiger partial charge in [-0.1, -0.05) is 11.6 Å². The number of pyridine rings is 1. The first-order valence-electron chi connectivity index (χ1n) is 4.43. The number of hydrogen-bond acceptors (Lipinski definition) is 3. The minimum atomic E-state index is -0.250. The zero-order valence-corrected chi connectivity index (χ0v) is 8.70. The summed E-state index contributed by atoms with van der Waals surface area (Å²) < 4.78 is 0. The molecule has 2 heterocycles. The van der Waals surface area contributed by atoms with Crippen molar-refractivity contribution in [2.24, 2.45) is 5.73 Å². The highest BCUT2D eigenvalue weighted by Crippen LogP contribution is 2.22. The third-order valence-electron chi connectivity index (χ3n) is 2.19. The molecule has 0 amide bonds. The van der Waals surface area contributed by atoms with E-state index < -0.39 is 0 Å². The van der Waals surface area contributed by atoms with E-state index in [2.05, 4.69) is 9.88 Å². The first-order valence-corrected chi connectivity index (χ1v) is 4.81. The van der Waals surface area contributed by atoms with E-state index in [9.17, 15) is 0 Å². The predicted molar refractivity (Wildman–Crippen MR) is 58.3 cm³/mol. The number of aromatic nitrogens is 1. The van der Waals surface area contributed by atoms with Gasteiger partial charge in [-0.3, -0.25) is 0 Å². The summed E-state index contributed by atoms with van der Waals surface area (Å²) in [5, 5.41) is 0.507. The molecule has 14 heavy (non-hydrogen) atoms. The number of hydrogen-bond donors (Lipinski definition) is 1. The van der Waals surface area contributed by atoms with Gasteiger partial charge >= 0.3 is 0 Å². The molecule has 2 N–H and O–H groups in total. The van der Waals surface area contributed by atoms with Crippen LogP contribution in [0, 0.1) is 0 Å². The molecule has 1 aliphatic rings. The molecule has 1 aliphatic heterocycles. The summed E-state index contributed by atoms with van der Waals surface area (Å²) in [5.41, 5.74) is 6.72. The average molecular weight is 210 g/mol. The van der Waals surface area contributed by atoms with Gasteiger partial charge in [0.25, 0.3) is 0 Å². The van der Waals surface area contributed by atoms with Gasteiger partial charge in [0.05, 0.1) is 17.4 Å². The minimum absolute atomic E-state index is 0.250. The van der Waals surface area contributed by atoms with E-state index in [-0.39, 0.29) is 5.54 Å². The summed E-state index contributed by atoms with van der Waals surface area (Å²) >= 11 is 5.70. The maximum Gasteiger partial charge on any atom is 0.129 e. The molecule has 0 aromatic carbocycles. The highest BCUT2D eigenvalue weighted by molar-refractivity contribution is 6.29. The van der Waals surface area contributed by atoms with E-state index in [1.165, 1.54) is 0 Å². The van der Waals surface area contributed by atoms with Crippen LogP contribution in [0.15, 0.2) is 30.6 Å². The summed E-state index contributed by atoms with van der Waals surface area (Å²) in [4.78, 5) is 6.08. The van der Waals surface area contributed by atoms with Gasteiger partial charge in [0.1, 0.15) is 5.15 Å². The maximum absolute atomic E-state index is 5.96.